The van der Waals surface area contributed by atoms with Crippen molar-refractivity contribution in [2.45, 2.75) is 72.1 Å². The summed E-state index contributed by atoms with van der Waals surface area (Å²) in [6.45, 7) is 11.7. The van der Waals surface area contributed by atoms with Gasteiger partial charge in [0.25, 0.3) is 0 Å². The summed E-state index contributed by atoms with van der Waals surface area (Å²) in [4.78, 5) is 17.0. The predicted molar refractivity (Wildman–Crippen MR) is 65.9 cm³/mol. The lowest BCUT2D eigenvalue weighted by Gasteiger charge is -2.23. The Balaban J connectivity index is 3.90. The number of hydrogen-bond donors (Lipinski definition) is 2. The van der Waals surface area contributed by atoms with Crippen LogP contribution in [0.3, 0.4) is 0 Å². The Labute approximate surface area is 99.1 Å². The van der Waals surface area contributed by atoms with Gasteiger partial charge in [0.15, 0.2) is 0 Å². The first-order valence-corrected chi connectivity index (χ1v) is 6.00. The molecule has 0 bridgehead atoms. The predicted octanol–water partition coefficient (Wildman–Crippen LogP) is 2.00. The van der Waals surface area contributed by atoms with Crippen LogP contribution < -0.4 is 10.8 Å². The summed E-state index contributed by atoms with van der Waals surface area (Å²) < 4.78 is 0. The van der Waals surface area contributed by atoms with Gasteiger partial charge in [-0.25, -0.2) is 0 Å². The molecule has 0 radical (unpaired) electrons. The van der Waals surface area contributed by atoms with Gasteiger partial charge >= 0.3 is 0 Å². The zero-order valence-electron chi connectivity index (χ0n) is 11.4. The Morgan fingerprint density at radius 3 is 2.31 bits per heavy atom. The van der Waals surface area contributed by atoms with Crippen molar-refractivity contribution in [1.29, 1.82) is 0 Å². The van der Waals surface area contributed by atoms with E-state index in [1.807, 2.05) is 27.7 Å². The van der Waals surface area contributed by atoms with Crippen molar-refractivity contribution < 1.29 is 9.63 Å². The average Bonchev–Trinajstić information content (AvgIpc) is 2.13. The molecule has 0 aliphatic carbocycles. The molecule has 16 heavy (non-hydrogen) atoms. The smallest absolute Gasteiger partial charge is 0.239 e. The van der Waals surface area contributed by atoms with Crippen molar-refractivity contribution in [2.75, 3.05) is 0 Å². The summed E-state index contributed by atoms with van der Waals surface area (Å²) in [5.41, 5.74) is 2.47. The normalized spacial score (nSPS) is 15.6. The van der Waals surface area contributed by atoms with Crippen LogP contribution in [0.4, 0.5) is 0 Å². The number of hydrogen-bond acceptors (Lipinski definition) is 3. The zero-order chi connectivity index (χ0) is 12.8. The summed E-state index contributed by atoms with van der Waals surface area (Å²) in [6.07, 6.45) is 2.07. The number of carbonyl (C=O) groups is 1. The first kappa shape index (κ1) is 15.4. The Morgan fingerprint density at radius 2 is 1.88 bits per heavy atom. The van der Waals surface area contributed by atoms with Gasteiger partial charge in [0, 0.05) is 6.04 Å². The van der Waals surface area contributed by atoms with Crippen LogP contribution in [0, 0.1) is 0 Å². The van der Waals surface area contributed by atoms with Gasteiger partial charge in [-0.2, -0.15) is 5.48 Å². The number of amides is 1. The number of rotatable bonds is 6. The molecule has 1 amide bonds. The molecule has 0 aromatic rings. The molecule has 0 aliphatic rings. The van der Waals surface area contributed by atoms with E-state index < -0.39 is 0 Å². The summed E-state index contributed by atoms with van der Waals surface area (Å²) in [5.74, 6) is -0.0230. The van der Waals surface area contributed by atoms with Gasteiger partial charge in [-0.05, 0) is 41.0 Å². The van der Waals surface area contributed by atoms with Crippen LogP contribution in [-0.2, 0) is 9.63 Å². The van der Waals surface area contributed by atoms with Gasteiger partial charge in [-0.15, -0.1) is 0 Å². The highest BCUT2D eigenvalue weighted by atomic mass is 16.7. The summed E-state index contributed by atoms with van der Waals surface area (Å²) >= 11 is 0. The highest BCUT2D eigenvalue weighted by Gasteiger charge is 2.18. The van der Waals surface area contributed by atoms with Gasteiger partial charge in [0.2, 0.25) is 5.91 Å². The molecule has 4 nitrogen and oxygen atoms in total. The second kappa shape index (κ2) is 6.86. The maximum atomic E-state index is 11.7. The molecule has 0 heterocycles. The maximum absolute atomic E-state index is 11.7. The topological polar surface area (TPSA) is 50.4 Å². The lowest BCUT2D eigenvalue weighted by molar-refractivity contribution is -0.134. The molecule has 0 spiro atoms. The van der Waals surface area contributed by atoms with Crippen LogP contribution in [0.2, 0.25) is 0 Å². The van der Waals surface area contributed by atoms with Crippen molar-refractivity contribution in [1.82, 2.24) is 10.8 Å². The highest BCUT2D eigenvalue weighted by molar-refractivity contribution is 5.81. The molecule has 0 aliphatic heterocycles. The van der Waals surface area contributed by atoms with Gasteiger partial charge < -0.3 is 5.32 Å². The lowest BCUT2D eigenvalue weighted by atomic mass is 10.2. The van der Waals surface area contributed by atoms with Crippen molar-refractivity contribution in [2.24, 2.45) is 0 Å². The van der Waals surface area contributed by atoms with Crippen molar-refractivity contribution in [3.05, 3.63) is 0 Å². The molecule has 0 saturated heterocycles. The Morgan fingerprint density at radius 1 is 1.31 bits per heavy atom. The molecule has 2 unspecified atom stereocenters. The van der Waals surface area contributed by atoms with E-state index in [1.54, 1.807) is 6.92 Å². The fraction of sp³-hybridized carbons (Fsp3) is 0.917. The number of hydroxylamine groups is 1. The summed E-state index contributed by atoms with van der Waals surface area (Å²) in [7, 11) is 0. The molecular weight excluding hydrogens is 204 g/mol. The van der Waals surface area contributed by atoms with Crippen molar-refractivity contribution in [3.63, 3.8) is 0 Å². The van der Waals surface area contributed by atoms with Gasteiger partial charge in [-0.3, -0.25) is 9.63 Å². The van der Waals surface area contributed by atoms with E-state index in [9.17, 15) is 4.79 Å². The van der Waals surface area contributed by atoms with E-state index in [2.05, 4.69) is 17.7 Å². The third-order valence-corrected chi connectivity index (χ3v) is 2.05. The van der Waals surface area contributed by atoms with E-state index >= 15 is 0 Å². The second-order valence-corrected chi connectivity index (χ2v) is 5.25. The molecule has 0 rings (SSSR count). The van der Waals surface area contributed by atoms with Crippen LogP contribution in [-0.4, -0.2) is 23.6 Å². The Hall–Kier alpha value is -0.610. The molecule has 4 heteroatoms. The van der Waals surface area contributed by atoms with Crippen LogP contribution in [0.15, 0.2) is 0 Å². The lowest BCUT2D eigenvalue weighted by Crippen LogP contribution is -2.47. The van der Waals surface area contributed by atoms with Crippen LogP contribution >= 0.6 is 0 Å². The monoisotopic (exact) mass is 230 g/mol. The second-order valence-electron chi connectivity index (χ2n) is 5.25. The first-order valence-electron chi connectivity index (χ1n) is 6.00. The molecule has 2 atom stereocenters. The summed E-state index contributed by atoms with van der Waals surface area (Å²) in [6, 6.07) is -0.116. The Kier molecular flexibility index (Phi) is 6.60. The van der Waals surface area contributed by atoms with Crippen LogP contribution in [0.5, 0.6) is 0 Å². The summed E-state index contributed by atoms with van der Waals surface area (Å²) in [5, 5.41) is 2.94. The van der Waals surface area contributed by atoms with Gasteiger partial charge in [-0.1, -0.05) is 13.3 Å². The van der Waals surface area contributed by atoms with Crippen molar-refractivity contribution >= 4 is 5.91 Å². The zero-order valence-corrected chi connectivity index (χ0v) is 11.4. The van der Waals surface area contributed by atoms with E-state index in [0.29, 0.717) is 0 Å². The molecule has 96 valence electrons. The largest absolute Gasteiger partial charge is 0.352 e. The van der Waals surface area contributed by atoms with E-state index in [4.69, 9.17) is 4.84 Å². The van der Waals surface area contributed by atoms with Crippen molar-refractivity contribution in [3.8, 4) is 0 Å². The fourth-order valence-corrected chi connectivity index (χ4v) is 1.19. The molecule has 2 N–H and O–H groups in total. The van der Waals surface area contributed by atoms with E-state index in [-0.39, 0.29) is 23.6 Å². The molecule has 0 aromatic carbocycles. The molecule has 0 saturated carbocycles. The third-order valence-electron chi connectivity index (χ3n) is 2.05. The minimum Gasteiger partial charge on any atom is -0.352 e. The van der Waals surface area contributed by atoms with Crippen LogP contribution in [0.25, 0.3) is 0 Å². The Bertz CT molecular complexity index is 212. The fourth-order valence-electron chi connectivity index (χ4n) is 1.19. The third kappa shape index (κ3) is 7.65. The minimum atomic E-state index is -0.335. The average molecular weight is 230 g/mol. The molecule has 0 fully saturated rings. The first-order chi connectivity index (χ1) is 7.26. The van der Waals surface area contributed by atoms with E-state index in [1.165, 1.54) is 0 Å². The van der Waals surface area contributed by atoms with Gasteiger partial charge in [0.1, 0.15) is 6.04 Å². The maximum Gasteiger partial charge on any atom is 0.239 e. The SMILES string of the molecule is CCCC(C)NC(=O)C(C)NOC(C)(C)C. The molecule has 0 aromatic heterocycles. The molecular formula is C12H26N2O2. The minimum absolute atomic E-state index is 0.0230. The van der Waals surface area contributed by atoms with Crippen LogP contribution in [0.1, 0.15) is 54.4 Å². The van der Waals surface area contributed by atoms with Gasteiger partial charge in [0.05, 0.1) is 5.60 Å². The quantitative estimate of drug-likeness (QED) is 0.686. The number of carbonyl (C=O) groups excluding carboxylic acids is 1. The van der Waals surface area contributed by atoms with E-state index in [0.717, 1.165) is 12.8 Å². The number of nitrogens with one attached hydrogen (secondary N) is 2. The highest BCUT2D eigenvalue weighted by Crippen LogP contribution is 2.04. The standard InChI is InChI=1S/C12H26N2O2/c1-7-8-9(2)13-11(15)10(3)14-16-12(4,5)6/h9-10,14H,7-8H2,1-6H3,(H,13,15).